The Hall–Kier alpha value is -2.63. The third-order valence-corrected chi connectivity index (χ3v) is 6.25. The van der Waals surface area contributed by atoms with E-state index in [4.69, 9.17) is 9.72 Å². The fraction of sp³-hybridized carbons (Fsp3) is 0.542. The topological polar surface area (TPSA) is 64.4 Å². The summed E-state index contributed by atoms with van der Waals surface area (Å²) in [7, 11) is 0. The molecule has 3 atom stereocenters. The number of hydrogen-bond acceptors (Lipinski definition) is 4. The van der Waals surface area contributed by atoms with E-state index in [0.717, 1.165) is 36.7 Å². The fourth-order valence-corrected chi connectivity index (χ4v) is 4.76. The van der Waals surface area contributed by atoms with Gasteiger partial charge in [-0.3, -0.25) is 14.5 Å². The molecule has 4 rings (SSSR count). The zero-order valence-electron chi connectivity index (χ0n) is 18.1. The van der Waals surface area contributed by atoms with Gasteiger partial charge >= 0.3 is 5.97 Å². The lowest BCUT2D eigenvalue weighted by Gasteiger charge is -2.41. The Bertz CT molecular complexity index is 962. The van der Waals surface area contributed by atoms with Crippen LogP contribution in [0.1, 0.15) is 52.5 Å². The molecule has 2 aromatic rings. The van der Waals surface area contributed by atoms with E-state index in [-0.39, 0.29) is 24.5 Å². The minimum absolute atomic E-state index is 0.170. The molecular formula is C24H31N3O3. The lowest BCUT2D eigenvalue weighted by atomic mass is 9.79. The summed E-state index contributed by atoms with van der Waals surface area (Å²) in [5, 5.41) is 0. The first kappa shape index (κ1) is 20.6. The van der Waals surface area contributed by atoms with Gasteiger partial charge in [0.25, 0.3) is 0 Å². The van der Waals surface area contributed by atoms with E-state index < -0.39 is 11.9 Å². The number of fused-ring (bicyclic) bond motifs is 3. The summed E-state index contributed by atoms with van der Waals surface area (Å²) < 4.78 is 7.57. The summed E-state index contributed by atoms with van der Waals surface area (Å²) in [5.41, 5.74) is 1.83. The highest BCUT2D eigenvalue weighted by Gasteiger charge is 2.49. The predicted molar refractivity (Wildman–Crippen MR) is 117 cm³/mol. The van der Waals surface area contributed by atoms with Crippen molar-refractivity contribution in [3.63, 3.8) is 0 Å². The first-order valence-electron chi connectivity index (χ1n) is 11.1. The number of carbonyl (C=O) groups is 2. The zero-order chi connectivity index (χ0) is 21.3. The van der Waals surface area contributed by atoms with Gasteiger partial charge in [0.15, 0.2) is 5.92 Å². The van der Waals surface area contributed by atoms with Crippen molar-refractivity contribution in [2.24, 2.45) is 17.8 Å². The quantitative estimate of drug-likeness (QED) is 0.400. The Morgan fingerprint density at radius 3 is 2.77 bits per heavy atom. The number of esters is 1. The Morgan fingerprint density at radius 2 is 2.07 bits per heavy atom. The van der Waals surface area contributed by atoms with Crippen LogP contribution < -0.4 is 4.90 Å². The summed E-state index contributed by atoms with van der Waals surface area (Å²) in [6, 6.07) is 7.69. The molecule has 0 saturated heterocycles. The SMILES string of the molecule is CCOC(=O)[C@@H]1C(=O)N(CCC(C)C)c2nc3ccccc3n2[C@@H]1[C@H]1CC=CCC1. The maximum absolute atomic E-state index is 13.7. The molecule has 0 fully saturated rings. The van der Waals surface area contributed by atoms with E-state index >= 15 is 0 Å². The number of aromatic nitrogens is 2. The third kappa shape index (κ3) is 3.64. The van der Waals surface area contributed by atoms with Crippen LogP contribution in [-0.4, -0.2) is 34.6 Å². The van der Waals surface area contributed by atoms with Crippen molar-refractivity contribution in [1.29, 1.82) is 0 Å². The van der Waals surface area contributed by atoms with Crippen molar-refractivity contribution in [3.8, 4) is 0 Å². The third-order valence-electron chi connectivity index (χ3n) is 6.25. The molecule has 0 saturated carbocycles. The molecule has 1 aliphatic carbocycles. The molecule has 160 valence electrons. The second kappa shape index (κ2) is 8.62. The normalized spacial score (nSPS) is 23.8. The van der Waals surface area contributed by atoms with Gasteiger partial charge < -0.3 is 9.30 Å². The molecule has 0 N–H and O–H groups in total. The summed E-state index contributed by atoms with van der Waals surface area (Å²) in [6.45, 7) is 6.88. The van der Waals surface area contributed by atoms with Crippen molar-refractivity contribution in [1.82, 2.24) is 9.55 Å². The number of carbonyl (C=O) groups excluding carboxylic acids is 2. The average Bonchev–Trinajstić information content (AvgIpc) is 3.12. The van der Waals surface area contributed by atoms with Crippen molar-refractivity contribution in [2.75, 3.05) is 18.1 Å². The van der Waals surface area contributed by atoms with Crippen molar-refractivity contribution in [2.45, 2.75) is 52.5 Å². The van der Waals surface area contributed by atoms with Gasteiger partial charge in [-0.05, 0) is 56.6 Å². The van der Waals surface area contributed by atoms with E-state index in [1.165, 1.54) is 0 Å². The number of allylic oxidation sites excluding steroid dienone is 2. The summed E-state index contributed by atoms with van der Waals surface area (Å²) in [6.07, 6.45) is 7.96. The van der Waals surface area contributed by atoms with E-state index in [9.17, 15) is 9.59 Å². The molecule has 1 aliphatic heterocycles. The van der Waals surface area contributed by atoms with Gasteiger partial charge in [-0.25, -0.2) is 4.98 Å². The molecule has 30 heavy (non-hydrogen) atoms. The molecule has 0 spiro atoms. The number of ether oxygens (including phenoxy) is 1. The molecule has 2 heterocycles. The molecule has 0 bridgehead atoms. The minimum Gasteiger partial charge on any atom is -0.465 e. The lowest BCUT2D eigenvalue weighted by molar-refractivity contribution is -0.155. The van der Waals surface area contributed by atoms with Gasteiger partial charge in [-0.2, -0.15) is 0 Å². The van der Waals surface area contributed by atoms with E-state index in [0.29, 0.717) is 18.4 Å². The number of nitrogens with zero attached hydrogens (tertiary/aromatic N) is 3. The van der Waals surface area contributed by atoms with Crippen LogP contribution in [0.25, 0.3) is 11.0 Å². The molecule has 0 radical (unpaired) electrons. The average molecular weight is 410 g/mol. The highest BCUT2D eigenvalue weighted by molar-refractivity contribution is 6.08. The summed E-state index contributed by atoms with van der Waals surface area (Å²) in [4.78, 5) is 33.4. The van der Waals surface area contributed by atoms with Crippen LogP contribution in [0.15, 0.2) is 36.4 Å². The Labute approximate surface area is 177 Å². The Balaban J connectivity index is 1.89. The number of hydrogen-bond donors (Lipinski definition) is 0. The van der Waals surface area contributed by atoms with Gasteiger partial charge in [0.05, 0.1) is 23.7 Å². The lowest BCUT2D eigenvalue weighted by Crippen LogP contribution is -2.52. The van der Waals surface area contributed by atoms with Crippen molar-refractivity contribution >= 4 is 28.9 Å². The van der Waals surface area contributed by atoms with E-state index in [1.54, 1.807) is 11.8 Å². The fourth-order valence-electron chi connectivity index (χ4n) is 4.76. The Morgan fingerprint density at radius 1 is 1.27 bits per heavy atom. The van der Waals surface area contributed by atoms with E-state index in [2.05, 4.69) is 30.6 Å². The van der Waals surface area contributed by atoms with Crippen LogP contribution in [0.2, 0.25) is 0 Å². The Kier molecular flexibility index (Phi) is 5.93. The molecule has 0 unspecified atom stereocenters. The van der Waals surface area contributed by atoms with Crippen LogP contribution in [-0.2, 0) is 14.3 Å². The smallest absolute Gasteiger partial charge is 0.320 e. The highest BCUT2D eigenvalue weighted by atomic mass is 16.5. The first-order chi connectivity index (χ1) is 14.5. The van der Waals surface area contributed by atoms with Crippen LogP contribution in [0.4, 0.5) is 5.95 Å². The second-order valence-electron chi connectivity index (χ2n) is 8.71. The summed E-state index contributed by atoms with van der Waals surface area (Å²) >= 11 is 0. The standard InChI is InChI=1S/C24H31N3O3/c1-4-30-23(29)20-21(17-10-6-5-7-11-17)27-19-13-9-8-12-18(19)25-24(27)26(22(20)28)15-14-16(2)3/h5-6,8-9,12-13,16-17,20-21H,4,7,10-11,14-15H2,1-3H3/t17-,20-,21+/m0/s1. The van der Waals surface area contributed by atoms with Gasteiger partial charge in [0, 0.05) is 6.54 Å². The highest BCUT2D eigenvalue weighted by Crippen LogP contribution is 2.44. The maximum atomic E-state index is 13.7. The van der Waals surface area contributed by atoms with Gasteiger partial charge in [-0.15, -0.1) is 0 Å². The van der Waals surface area contributed by atoms with E-state index in [1.807, 2.05) is 24.3 Å². The molecule has 1 aromatic carbocycles. The molecular weight excluding hydrogens is 378 g/mol. The summed E-state index contributed by atoms with van der Waals surface area (Å²) in [5.74, 6) is -0.119. The van der Waals surface area contributed by atoms with Crippen molar-refractivity contribution < 1.29 is 14.3 Å². The number of rotatable bonds is 6. The number of imidazole rings is 1. The van der Waals surface area contributed by atoms with Crippen LogP contribution >= 0.6 is 0 Å². The van der Waals surface area contributed by atoms with Gasteiger partial charge in [0.2, 0.25) is 11.9 Å². The number of para-hydroxylation sites is 2. The molecule has 2 aliphatic rings. The van der Waals surface area contributed by atoms with Crippen molar-refractivity contribution in [3.05, 3.63) is 36.4 Å². The predicted octanol–water partition coefficient (Wildman–Crippen LogP) is 4.51. The second-order valence-corrected chi connectivity index (χ2v) is 8.71. The minimum atomic E-state index is -0.835. The first-order valence-corrected chi connectivity index (χ1v) is 11.1. The molecule has 1 aromatic heterocycles. The maximum Gasteiger partial charge on any atom is 0.320 e. The monoisotopic (exact) mass is 409 g/mol. The molecule has 1 amide bonds. The number of benzene rings is 1. The van der Waals surface area contributed by atoms with Gasteiger partial charge in [0.1, 0.15) is 0 Å². The molecule has 6 heteroatoms. The van der Waals surface area contributed by atoms with Crippen LogP contribution in [0.3, 0.4) is 0 Å². The van der Waals surface area contributed by atoms with Crippen LogP contribution in [0.5, 0.6) is 0 Å². The number of amides is 1. The van der Waals surface area contributed by atoms with Crippen LogP contribution in [0, 0.1) is 17.8 Å². The van der Waals surface area contributed by atoms with Gasteiger partial charge in [-0.1, -0.05) is 38.1 Å². The molecule has 6 nitrogen and oxygen atoms in total. The zero-order valence-corrected chi connectivity index (χ0v) is 18.1. The number of anilines is 1. The largest absolute Gasteiger partial charge is 0.465 e.